The molecule has 2 aromatic rings. The third-order valence-corrected chi connectivity index (χ3v) is 6.43. The van der Waals surface area contributed by atoms with Crippen LogP contribution in [0.5, 0.6) is 0 Å². The molecule has 2 saturated heterocycles. The number of para-hydroxylation sites is 1. The molecule has 2 aliphatic rings. The Morgan fingerprint density at radius 3 is 2.48 bits per heavy atom. The zero-order chi connectivity index (χ0) is 22.0. The molecule has 2 aliphatic heterocycles. The van der Waals surface area contributed by atoms with Crippen LogP contribution in [-0.2, 0) is 16.1 Å². The number of rotatable bonds is 5. The summed E-state index contributed by atoms with van der Waals surface area (Å²) in [4.78, 5) is 43.8. The van der Waals surface area contributed by atoms with E-state index in [9.17, 15) is 14.4 Å². The number of fused-ring (bicyclic) bond motifs is 1. The monoisotopic (exact) mass is 428 g/mol. The number of carbonyl (C=O) groups excluding carboxylic acids is 1. The normalized spacial score (nSPS) is 23.4. The smallest absolute Gasteiger partial charge is 0.328 e. The number of hydrogen-bond donors (Lipinski definition) is 1. The molecule has 0 aliphatic carbocycles. The van der Waals surface area contributed by atoms with Crippen molar-refractivity contribution in [3.05, 3.63) is 45.1 Å². The minimum Gasteiger partial charge on any atom is -0.373 e. The number of aromatic nitrogens is 2. The molecule has 31 heavy (non-hydrogen) atoms. The van der Waals surface area contributed by atoms with Crippen LogP contribution in [-0.4, -0.2) is 70.2 Å². The average molecular weight is 429 g/mol. The van der Waals surface area contributed by atoms with Crippen LogP contribution < -0.4 is 11.2 Å². The second-order valence-corrected chi connectivity index (χ2v) is 8.98. The zero-order valence-corrected chi connectivity index (χ0v) is 18.4. The average Bonchev–Trinajstić information content (AvgIpc) is 2.73. The number of amides is 1. The van der Waals surface area contributed by atoms with Crippen molar-refractivity contribution < 1.29 is 9.53 Å². The lowest BCUT2D eigenvalue weighted by Gasteiger charge is -2.39. The van der Waals surface area contributed by atoms with Crippen molar-refractivity contribution in [2.24, 2.45) is 5.92 Å². The van der Waals surface area contributed by atoms with Crippen LogP contribution in [0.3, 0.4) is 0 Å². The summed E-state index contributed by atoms with van der Waals surface area (Å²) >= 11 is 0. The number of benzene rings is 1. The van der Waals surface area contributed by atoms with Gasteiger partial charge in [-0.05, 0) is 44.7 Å². The van der Waals surface area contributed by atoms with Gasteiger partial charge >= 0.3 is 5.69 Å². The molecule has 0 bridgehead atoms. The quantitative estimate of drug-likeness (QED) is 0.778. The Labute approximate surface area is 181 Å². The predicted molar refractivity (Wildman–Crippen MR) is 119 cm³/mol. The van der Waals surface area contributed by atoms with Crippen LogP contribution in [0.2, 0.25) is 0 Å². The van der Waals surface area contributed by atoms with E-state index in [1.165, 1.54) is 4.57 Å². The van der Waals surface area contributed by atoms with E-state index in [0.29, 0.717) is 16.8 Å². The number of carbonyl (C=O) groups is 1. The van der Waals surface area contributed by atoms with Crippen molar-refractivity contribution in [2.75, 3.05) is 32.7 Å². The maximum Gasteiger partial charge on any atom is 0.328 e. The van der Waals surface area contributed by atoms with E-state index in [1.807, 2.05) is 4.90 Å². The van der Waals surface area contributed by atoms with Gasteiger partial charge in [0, 0.05) is 45.7 Å². The molecule has 4 rings (SSSR count). The number of aromatic amines is 1. The summed E-state index contributed by atoms with van der Waals surface area (Å²) in [5, 5.41) is 0.460. The molecule has 2 unspecified atom stereocenters. The fraction of sp³-hybridized carbons (Fsp3) is 0.609. The minimum absolute atomic E-state index is 0.0641. The van der Waals surface area contributed by atoms with Crippen LogP contribution >= 0.6 is 0 Å². The van der Waals surface area contributed by atoms with E-state index in [-0.39, 0.29) is 31.1 Å². The van der Waals surface area contributed by atoms with E-state index in [4.69, 9.17) is 4.74 Å². The first-order valence-corrected chi connectivity index (χ1v) is 11.3. The summed E-state index contributed by atoms with van der Waals surface area (Å²) in [6.07, 6.45) is 2.82. The summed E-state index contributed by atoms with van der Waals surface area (Å²) < 4.78 is 7.31. The van der Waals surface area contributed by atoms with Gasteiger partial charge in [0.2, 0.25) is 5.91 Å². The predicted octanol–water partition coefficient (Wildman–Crippen LogP) is 1.43. The molecule has 0 saturated carbocycles. The molecule has 1 N–H and O–H groups in total. The first-order chi connectivity index (χ1) is 14.9. The Morgan fingerprint density at radius 1 is 1.10 bits per heavy atom. The molecule has 2 fully saturated rings. The van der Waals surface area contributed by atoms with E-state index < -0.39 is 11.2 Å². The second kappa shape index (κ2) is 9.36. The van der Waals surface area contributed by atoms with Crippen molar-refractivity contribution in [1.29, 1.82) is 0 Å². The van der Waals surface area contributed by atoms with Gasteiger partial charge in [-0.3, -0.25) is 24.0 Å². The SMILES string of the molecule is CC1CN(CC2CCN(C(=O)CCn3c(=O)[nH]c(=O)c4ccccc43)CC2)CC(C)O1. The van der Waals surface area contributed by atoms with E-state index in [2.05, 4.69) is 23.7 Å². The zero-order valence-electron chi connectivity index (χ0n) is 18.4. The van der Waals surface area contributed by atoms with Gasteiger partial charge in [-0.15, -0.1) is 0 Å². The summed E-state index contributed by atoms with van der Waals surface area (Å²) in [5.41, 5.74) is -0.296. The highest BCUT2D eigenvalue weighted by Crippen LogP contribution is 2.21. The van der Waals surface area contributed by atoms with Crippen molar-refractivity contribution in [1.82, 2.24) is 19.4 Å². The Balaban J connectivity index is 1.31. The number of aryl methyl sites for hydroxylation is 1. The first-order valence-electron chi connectivity index (χ1n) is 11.3. The Hall–Kier alpha value is -2.45. The first kappa shape index (κ1) is 21.8. The fourth-order valence-corrected chi connectivity index (χ4v) is 4.99. The van der Waals surface area contributed by atoms with Gasteiger partial charge in [0.25, 0.3) is 5.56 Å². The topological polar surface area (TPSA) is 87.6 Å². The number of nitrogens with zero attached hydrogens (tertiary/aromatic N) is 3. The number of piperidine rings is 1. The Morgan fingerprint density at radius 2 is 1.77 bits per heavy atom. The van der Waals surface area contributed by atoms with Gasteiger partial charge < -0.3 is 9.64 Å². The summed E-state index contributed by atoms with van der Waals surface area (Å²) in [5.74, 6) is 0.668. The van der Waals surface area contributed by atoms with Crippen molar-refractivity contribution >= 4 is 16.8 Å². The van der Waals surface area contributed by atoms with Gasteiger partial charge in [0.05, 0.1) is 23.1 Å². The fourth-order valence-electron chi connectivity index (χ4n) is 4.99. The molecule has 8 heteroatoms. The van der Waals surface area contributed by atoms with Gasteiger partial charge in [-0.2, -0.15) is 0 Å². The van der Waals surface area contributed by atoms with Crippen LogP contribution in [0.25, 0.3) is 10.9 Å². The molecular weight excluding hydrogens is 396 g/mol. The van der Waals surface area contributed by atoms with Gasteiger partial charge in [-0.1, -0.05) is 12.1 Å². The lowest BCUT2D eigenvalue weighted by Crippen LogP contribution is -2.48. The molecule has 0 radical (unpaired) electrons. The maximum atomic E-state index is 12.8. The largest absolute Gasteiger partial charge is 0.373 e. The molecule has 1 aromatic carbocycles. The highest BCUT2D eigenvalue weighted by molar-refractivity contribution is 5.79. The van der Waals surface area contributed by atoms with Crippen LogP contribution in [0, 0.1) is 5.92 Å². The molecule has 2 atom stereocenters. The lowest BCUT2D eigenvalue weighted by atomic mass is 9.95. The van der Waals surface area contributed by atoms with Crippen molar-refractivity contribution in [2.45, 2.75) is 51.9 Å². The van der Waals surface area contributed by atoms with E-state index in [0.717, 1.165) is 45.6 Å². The van der Waals surface area contributed by atoms with E-state index >= 15 is 0 Å². The molecule has 0 spiro atoms. The van der Waals surface area contributed by atoms with Crippen molar-refractivity contribution in [3.63, 3.8) is 0 Å². The Kier molecular flexibility index (Phi) is 6.57. The highest BCUT2D eigenvalue weighted by atomic mass is 16.5. The molecule has 168 valence electrons. The second-order valence-electron chi connectivity index (χ2n) is 8.98. The number of likely N-dealkylation sites (tertiary alicyclic amines) is 1. The summed E-state index contributed by atoms with van der Waals surface area (Å²) in [6, 6.07) is 6.99. The van der Waals surface area contributed by atoms with Gasteiger partial charge in [0.1, 0.15) is 0 Å². The molecule has 1 aromatic heterocycles. The van der Waals surface area contributed by atoms with E-state index in [1.54, 1.807) is 24.3 Å². The van der Waals surface area contributed by atoms with Crippen LogP contribution in [0.4, 0.5) is 0 Å². The third kappa shape index (κ3) is 5.07. The van der Waals surface area contributed by atoms with Crippen LogP contribution in [0.1, 0.15) is 33.1 Å². The standard InChI is InChI=1S/C23H32N4O4/c1-16-13-25(14-17(2)31-16)15-18-7-10-26(11-8-18)21(28)9-12-27-20-6-4-3-5-19(20)22(29)24-23(27)30/h3-6,16-18H,7-15H2,1-2H3,(H,24,29,30). The number of hydrogen-bond acceptors (Lipinski definition) is 5. The summed E-state index contributed by atoms with van der Waals surface area (Å²) in [6.45, 7) is 9.07. The number of H-pyrrole nitrogens is 1. The molecule has 8 nitrogen and oxygen atoms in total. The summed E-state index contributed by atoms with van der Waals surface area (Å²) in [7, 11) is 0. The Bertz CT molecular complexity index is 1030. The van der Waals surface area contributed by atoms with Gasteiger partial charge in [0.15, 0.2) is 0 Å². The highest BCUT2D eigenvalue weighted by Gasteiger charge is 2.28. The lowest BCUT2D eigenvalue weighted by molar-refractivity contribution is -0.133. The third-order valence-electron chi connectivity index (χ3n) is 6.43. The maximum absolute atomic E-state index is 12.8. The van der Waals surface area contributed by atoms with Crippen molar-refractivity contribution in [3.8, 4) is 0 Å². The molecule has 1 amide bonds. The molecular formula is C23H32N4O4. The molecule has 3 heterocycles. The van der Waals surface area contributed by atoms with Gasteiger partial charge in [-0.25, -0.2) is 4.79 Å². The number of morpholine rings is 1. The number of nitrogens with one attached hydrogen (secondary N) is 1. The van der Waals surface area contributed by atoms with Crippen LogP contribution in [0.15, 0.2) is 33.9 Å². The minimum atomic E-state index is -0.468. The number of ether oxygens (including phenoxy) is 1.